The standard InChI is InChI=1S/C17H24N2O3.ClH/c1-3-21-15-6-5-14(11-16(15)22-4-2)17(20)19-12-13-7-9-18-10-8-13;/h5-7,11,18H,3-4,8-10,12H2,1-2H3,(H,19,20);1H. The molecule has 1 aromatic carbocycles. The predicted octanol–water partition coefficient (Wildman–Crippen LogP) is 2.56. The third-order valence-corrected chi connectivity index (χ3v) is 3.44. The molecule has 0 atom stereocenters. The second-order valence-corrected chi connectivity index (χ2v) is 5.03. The average Bonchev–Trinajstić information content (AvgIpc) is 2.55. The third kappa shape index (κ3) is 5.77. The fourth-order valence-corrected chi connectivity index (χ4v) is 2.32. The molecule has 0 saturated carbocycles. The molecule has 1 aliphatic heterocycles. The van der Waals surface area contributed by atoms with Crippen LogP contribution in [0.2, 0.25) is 0 Å². The summed E-state index contributed by atoms with van der Waals surface area (Å²) >= 11 is 0. The van der Waals surface area contributed by atoms with Crippen molar-refractivity contribution in [2.45, 2.75) is 20.3 Å². The minimum Gasteiger partial charge on any atom is -0.490 e. The minimum atomic E-state index is -0.0940. The highest BCUT2D eigenvalue weighted by molar-refractivity contribution is 5.95. The van der Waals surface area contributed by atoms with E-state index in [1.807, 2.05) is 13.8 Å². The first-order valence-corrected chi connectivity index (χ1v) is 7.81. The fraction of sp³-hybridized carbons (Fsp3) is 0.471. The van der Waals surface area contributed by atoms with Gasteiger partial charge in [0.2, 0.25) is 0 Å². The average molecular weight is 341 g/mol. The van der Waals surface area contributed by atoms with E-state index in [9.17, 15) is 4.79 Å². The number of nitrogens with one attached hydrogen (secondary N) is 2. The Morgan fingerprint density at radius 3 is 2.61 bits per heavy atom. The third-order valence-electron chi connectivity index (χ3n) is 3.44. The number of amides is 1. The van der Waals surface area contributed by atoms with Gasteiger partial charge >= 0.3 is 0 Å². The van der Waals surface area contributed by atoms with Crippen LogP contribution in [-0.2, 0) is 0 Å². The van der Waals surface area contributed by atoms with Crippen LogP contribution in [0, 0.1) is 0 Å². The maximum absolute atomic E-state index is 12.3. The van der Waals surface area contributed by atoms with Gasteiger partial charge < -0.3 is 20.1 Å². The van der Waals surface area contributed by atoms with E-state index in [0.29, 0.717) is 36.8 Å². The number of benzene rings is 1. The summed E-state index contributed by atoms with van der Waals surface area (Å²) < 4.78 is 11.1. The number of carbonyl (C=O) groups excluding carboxylic acids is 1. The van der Waals surface area contributed by atoms with Crippen molar-refractivity contribution in [2.75, 3.05) is 32.8 Å². The van der Waals surface area contributed by atoms with Crippen LogP contribution in [0.1, 0.15) is 30.6 Å². The van der Waals surface area contributed by atoms with Gasteiger partial charge in [-0.1, -0.05) is 11.6 Å². The monoisotopic (exact) mass is 340 g/mol. The Bertz CT molecular complexity index is 547. The molecular formula is C17H25ClN2O3. The van der Waals surface area contributed by atoms with Crippen molar-refractivity contribution in [2.24, 2.45) is 0 Å². The molecule has 2 N–H and O–H groups in total. The maximum Gasteiger partial charge on any atom is 0.251 e. The molecule has 1 heterocycles. The van der Waals surface area contributed by atoms with Crippen LogP contribution < -0.4 is 20.1 Å². The van der Waals surface area contributed by atoms with Gasteiger partial charge in [0.25, 0.3) is 5.91 Å². The molecule has 0 fully saturated rings. The number of ether oxygens (including phenoxy) is 2. The lowest BCUT2D eigenvalue weighted by atomic mass is 10.1. The predicted molar refractivity (Wildman–Crippen MR) is 93.9 cm³/mol. The van der Waals surface area contributed by atoms with Crippen molar-refractivity contribution in [1.29, 1.82) is 0 Å². The lowest BCUT2D eigenvalue weighted by molar-refractivity contribution is 0.0956. The van der Waals surface area contributed by atoms with E-state index in [0.717, 1.165) is 19.5 Å². The molecule has 0 aromatic heterocycles. The van der Waals surface area contributed by atoms with E-state index in [1.54, 1.807) is 18.2 Å². The van der Waals surface area contributed by atoms with E-state index >= 15 is 0 Å². The molecule has 128 valence electrons. The normalized spacial score (nSPS) is 13.6. The number of hydrogen-bond donors (Lipinski definition) is 2. The van der Waals surface area contributed by atoms with Crippen LogP contribution in [0.4, 0.5) is 0 Å². The summed E-state index contributed by atoms with van der Waals surface area (Å²) in [4.78, 5) is 12.3. The van der Waals surface area contributed by atoms with E-state index < -0.39 is 0 Å². The van der Waals surface area contributed by atoms with Gasteiger partial charge in [-0.2, -0.15) is 0 Å². The van der Waals surface area contributed by atoms with Gasteiger partial charge in [0, 0.05) is 18.7 Å². The Balaban J connectivity index is 0.00000264. The van der Waals surface area contributed by atoms with Crippen molar-refractivity contribution in [3.8, 4) is 11.5 Å². The first-order chi connectivity index (χ1) is 10.7. The highest BCUT2D eigenvalue weighted by Crippen LogP contribution is 2.28. The summed E-state index contributed by atoms with van der Waals surface area (Å²) in [5, 5.41) is 6.21. The number of halogens is 1. The van der Waals surface area contributed by atoms with Gasteiger partial charge in [-0.05, 0) is 45.0 Å². The summed E-state index contributed by atoms with van der Waals surface area (Å²) in [5.41, 5.74) is 1.85. The van der Waals surface area contributed by atoms with Crippen LogP contribution in [0.3, 0.4) is 0 Å². The molecule has 1 aliphatic rings. The first-order valence-electron chi connectivity index (χ1n) is 7.81. The molecule has 0 aliphatic carbocycles. The summed E-state index contributed by atoms with van der Waals surface area (Å²) in [5.74, 6) is 1.18. The molecule has 6 heteroatoms. The molecule has 0 radical (unpaired) electrons. The van der Waals surface area contributed by atoms with Crippen molar-refractivity contribution in [1.82, 2.24) is 10.6 Å². The van der Waals surface area contributed by atoms with Crippen LogP contribution in [0.15, 0.2) is 29.8 Å². The van der Waals surface area contributed by atoms with Crippen LogP contribution in [0.25, 0.3) is 0 Å². The van der Waals surface area contributed by atoms with Crippen molar-refractivity contribution >= 4 is 18.3 Å². The highest BCUT2D eigenvalue weighted by Gasteiger charge is 2.12. The molecular weight excluding hydrogens is 316 g/mol. The zero-order valence-corrected chi connectivity index (χ0v) is 14.5. The highest BCUT2D eigenvalue weighted by atomic mass is 35.5. The minimum absolute atomic E-state index is 0. The van der Waals surface area contributed by atoms with Crippen molar-refractivity contribution in [3.05, 3.63) is 35.4 Å². The van der Waals surface area contributed by atoms with E-state index in [4.69, 9.17) is 9.47 Å². The first kappa shape index (κ1) is 19.3. The summed E-state index contributed by atoms with van der Waals surface area (Å²) in [6.07, 6.45) is 3.11. The molecule has 0 unspecified atom stereocenters. The van der Waals surface area contributed by atoms with Crippen LogP contribution in [0.5, 0.6) is 11.5 Å². The zero-order valence-electron chi connectivity index (χ0n) is 13.7. The smallest absolute Gasteiger partial charge is 0.251 e. The largest absolute Gasteiger partial charge is 0.490 e. The van der Waals surface area contributed by atoms with Crippen molar-refractivity contribution in [3.63, 3.8) is 0 Å². The van der Waals surface area contributed by atoms with Gasteiger partial charge in [-0.15, -0.1) is 12.4 Å². The molecule has 23 heavy (non-hydrogen) atoms. The van der Waals surface area contributed by atoms with E-state index in [-0.39, 0.29) is 18.3 Å². The quantitative estimate of drug-likeness (QED) is 0.749. The van der Waals surface area contributed by atoms with E-state index in [1.165, 1.54) is 5.57 Å². The second-order valence-electron chi connectivity index (χ2n) is 5.03. The summed E-state index contributed by atoms with van der Waals surface area (Å²) in [6, 6.07) is 5.29. The maximum atomic E-state index is 12.3. The van der Waals surface area contributed by atoms with Crippen molar-refractivity contribution < 1.29 is 14.3 Å². The lowest BCUT2D eigenvalue weighted by Gasteiger charge is -2.15. The number of carbonyl (C=O) groups is 1. The van der Waals surface area contributed by atoms with E-state index in [2.05, 4.69) is 16.7 Å². The summed E-state index contributed by atoms with van der Waals surface area (Å²) in [6.45, 7) is 7.37. The molecule has 5 nitrogen and oxygen atoms in total. The Morgan fingerprint density at radius 1 is 1.22 bits per heavy atom. The van der Waals surface area contributed by atoms with Gasteiger partial charge in [0.1, 0.15) is 0 Å². The summed E-state index contributed by atoms with van der Waals surface area (Å²) in [7, 11) is 0. The Labute approximate surface area is 143 Å². The van der Waals surface area contributed by atoms with Gasteiger partial charge in [0.05, 0.1) is 13.2 Å². The zero-order chi connectivity index (χ0) is 15.8. The number of hydrogen-bond acceptors (Lipinski definition) is 4. The topological polar surface area (TPSA) is 59.6 Å². The molecule has 2 rings (SSSR count). The van der Waals surface area contributed by atoms with Gasteiger partial charge in [-0.3, -0.25) is 4.79 Å². The lowest BCUT2D eigenvalue weighted by Crippen LogP contribution is -2.29. The van der Waals surface area contributed by atoms with Crippen LogP contribution in [-0.4, -0.2) is 38.8 Å². The second kappa shape index (κ2) is 10.1. The Kier molecular flexibility index (Phi) is 8.51. The number of rotatable bonds is 7. The molecule has 0 saturated heterocycles. The Hall–Kier alpha value is -1.72. The molecule has 0 spiro atoms. The van der Waals surface area contributed by atoms with Gasteiger partial charge in [-0.25, -0.2) is 0 Å². The SMILES string of the molecule is CCOc1ccc(C(=O)NCC2=CCNCC2)cc1OCC.Cl. The Morgan fingerprint density at radius 2 is 1.96 bits per heavy atom. The van der Waals surface area contributed by atoms with Gasteiger partial charge in [0.15, 0.2) is 11.5 Å². The molecule has 0 bridgehead atoms. The molecule has 1 amide bonds. The fourth-order valence-electron chi connectivity index (χ4n) is 2.32. The van der Waals surface area contributed by atoms with Crippen LogP contribution >= 0.6 is 12.4 Å². The molecule has 1 aromatic rings.